The van der Waals surface area contributed by atoms with Crippen LogP contribution in [-0.4, -0.2) is 4.98 Å². The highest BCUT2D eigenvalue weighted by molar-refractivity contribution is 7.11. The Bertz CT molecular complexity index is 465. The first-order valence-electron chi connectivity index (χ1n) is 5.67. The maximum absolute atomic E-state index is 5.66. The predicted octanol–water partition coefficient (Wildman–Crippen LogP) is 2.74. The van der Waals surface area contributed by atoms with Gasteiger partial charge < -0.3 is 10.5 Å². The monoisotopic (exact) mass is 248 g/mol. The molecule has 0 saturated carbocycles. The maximum Gasteiger partial charge on any atom is 0.138 e. The molecule has 17 heavy (non-hydrogen) atoms. The Balaban J connectivity index is 1.92. The molecular formula is C13H16N2OS. The summed E-state index contributed by atoms with van der Waals surface area (Å²) in [6, 6.07) is 8.06. The van der Waals surface area contributed by atoms with Crippen LogP contribution in [0.1, 0.15) is 22.4 Å². The lowest BCUT2D eigenvalue weighted by molar-refractivity contribution is 0.308. The van der Waals surface area contributed by atoms with Gasteiger partial charge in [-0.2, -0.15) is 0 Å². The average molecular weight is 248 g/mol. The van der Waals surface area contributed by atoms with E-state index >= 15 is 0 Å². The second kappa shape index (κ2) is 5.80. The van der Waals surface area contributed by atoms with Crippen molar-refractivity contribution in [1.82, 2.24) is 4.98 Å². The van der Waals surface area contributed by atoms with E-state index in [0.29, 0.717) is 13.2 Å². The number of rotatable bonds is 5. The van der Waals surface area contributed by atoms with Gasteiger partial charge in [-0.15, -0.1) is 11.3 Å². The number of nitrogens with two attached hydrogens (primary N) is 1. The molecule has 0 aliphatic rings. The van der Waals surface area contributed by atoms with Crippen molar-refractivity contribution in [2.24, 2.45) is 5.73 Å². The summed E-state index contributed by atoms with van der Waals surface area (Å²) in [6.45, 7) is 3.23. The average Bonchev–Trinajstić information content (AvgIpc) is 2.85. The van der Waals surface area contributed by atoms with Crippen molar-refractivity contribution in [3.63, 3.8) is 0 Å². The largest absolute Gasteiger partial charge is 0.486 e. The topological polar surface area (TPSA) is 48.1 Å². The molecule has 2 heterocycles. The highest BCUT2D eigenvalue weighted by atomic mass is 32.1. The number of hydrogen-bond acceptors (Lipinski definition) is 4. The highest BCUT2D eigenvalue weighted by Crippen LogP contribution is 2.19. The van der Waals surface area contributed by atoms with Crippen LogP contribution in [0.15, 0.2) is 30.5 Å². The molecule has 0 radical (unpaired) electrons. The molecule has 0 aromatic carbocycles. The van der Waals surface area contributed by atoms with E-state index in [1.165, 1.54) is 9.75 Å². The van der Waals surface area contributed by atoms with Gasteiger partial charge in [-0.05, 0) is 30.7 Å². The molecule has 2 aromatic rings. The second-order valence-corrected chi connectivity index (χ2v) is 4.95. The first kappa shape index (κ1) is 12.1. The van der Waals surface area contributed by atoms with E-state index in [0.717, 1.165) is 17.9 Å². The molecule has 90 valence electrons. The van der Waals surface area contributed by atoms with Crippen molar-refractivity contribution in [3.8, 4) is 5.75 Å². The molecular weight excluding hydrogens is 232 g/mol. The molecule has 0 atom stereocenters. The molecule has 4 heteroatoms. The van der Waals surface area contributed by atoms with Crippen molar-refractivity contribution < 1.29 is 4.74 Å². The molecule has 0 unspecified atom stereocenters. The van der Waals surface area contributed by atoms with Crippen molar-refractivity contribution in [1.29, 1.82) is 0 Å². The van der Waals surface area contributed by atoms with E-state index in [-0.39, 0.29) is 0 Å². The van der Waals surface area contributed by atoms with Gasteiger partial charge in [-0.3, -0.25) is 4.98 Å². The smallest absolute Gasteiger partial charge is 0.138 e. The van der Waals surface area contributed by atoms with Crippen LogP contribution in [0.4, 0.5) is 0 Å². The SMILES string of the molecule is CCc1ccc(COc2ccc(CN)nc2)s1. The molecule has 0 fully saturated rings. The number of pyridine rings is 1. The fourth-order valence-corrected chi connectivity index (χ4v) is 2.33. The third-order valence-corrected chi connectivity index (χ3v) is 3.66. The van der Waals surface area contributed by atoms with E-state index < -0.39 is 0 Å². The first-order chi connectivity index (χ1) is 8.31. The normalized spacial score (nSPS) is 10.5. The molecule has 0 spiro atoms. The van der Waals surface area contributed by atoms with Gasteiger partial charge in [0.25, 0.3) is 0 Å². The summed E-state index contributed by atoms with van der Waals surface area (Å²) in [5, 5.41) is 0. The maximum atomic E-state index is 5.66. The summed E-state index contributed by atoms with van der Waals surface area (Å²) in [7, 11) is 0. The molecule has 0 bridgehead atoms. The zero-order valence-electron chi connectivity index (χ0n) is 9.85. The van der Waals surface area contributed by atoms with Crippen LogP contribution in [0.5, 0.6) is 5.75 Å². The Labute approximate surface area is 105 Å². The summed E-state index contributed by atoms with van der Waals surface area (Å²) in [6.07, 6.45) is 2.80. The summed E-state index contributed by atoms with van der Waals surface area (Å²) < 4.78 is 5.66. The molecule has 3 nitrogen and oxygen atoms in total. The van der Waals surface area contributed by atoms with Crippen molar-refractivity contribution in [2.75, 3.05) is 0 Å². The fraction of sp³-hybridized carbons (Fsp3) is 0.308. The van der Waals surface area contributed by atoms with Crippen LogP contribution in [0, 0.1) is 0 Å². The van der Waals surface area contributed by atoms with Gasteiger partial charge in [0.15, 0.2) is 0 Å². The van der Waals surface area contributed by atoms with E-state index in [9.17, 15) is 0 Å². The Morgan fingerprint density at radius 2 is 2.06 bits per heavy atom. The van der Waals surface area contributed by atoms with Crippen molar-refractivity contribution in [3.05, 3.63) is 45.9 Å². The number of thiophene rings is 1. The van der Waals surface area contributed by atoms with Crippen LogP contribution in [0.2, 0.25) is 0 Å². The summed E-state index contributed by atoms with van der Waals surface area (Å²) in [5.41, 5.74) is 6.36. The van der Waals surface area contributed by atoms with E-state index in [2.05, 4.69) is 24.0 Å². The molecule has 0 saturated heterocycles. The van der Waals surface area contributed by atoms with Crippen LogP contribution in [-0.2, 0) is 19.6 Å². The zero-order chi connectivity index (χ0) is 12.1. The lowest BCUT2D eigenvalue weighted by Gasteiger charge is -2.04. The molecule has 2 aromatic heterocycles. The van der Waals surface area contributed by atoms with Crippen LogP contribution < -0.4 is 10.5 Å². The lowest BCUT2D eigenvalue weighted by atomic mass is 10.3. The van der Waals surface area contributed by atoms with Crippen molar-refractivity contribution in [2.45, 2.75) is 26.5 Å². The standard InChI is InChI=1S/C13H16N2OS/c1-2-12-5-6-13(17-12)9-16-11-4-3-10(7-14)15-8-11/h3-6,8H,2,7,9,14H2,1H3. The van der Waals surface area contributed by atoms with Gasteiger partial charge in [-0.25, -0.2) is 0 Å². The van der Waals surface area contributed by atoms with E-state index in [1.807, 2.05) is 12.1 Å². The van der Waals surface area contributed by atoms with Gasteiger partial charge in [0.2, 0.25) is 0 Å². The zero-order valence-corrected chi connectivity index (χ0v) is 10.7. The minimum atomic E-state index is 0.463. The van der Waals surface area contributed by atoms with Gasteiger partial charge in [0, 0.05) is 16.3 Å². The number of hydrogen-bond donors (Lipinski definition) is 1. The molecule has 2 N–H and O–H groups in total. The van der Waals surface area contributed by atoms with Gasteiger partial charge in [0.05, 0.1) is 11.9 Å². The predicted molar refractivity (Wildman–Crippen MR) is 70.2 cm³/mol. The third-order valence-electron chi connectivity index (χ3n) is 2.45. The third kappa shape index (κ3) is 3.28. The van der Waals surface area contributed by atoms with Gasteiger partial charge >= 0.3 is 0 Å². The molecule has 0 aliphatic carbocycles. The molecule has 2 rings (SSSR count). The number of aromatic nitrogens is 1. The van der Waals surface area contributed by atoms with Crippen LogP contribution >= 0.6 is 11.3 Å². The summed E-state index contributed by atoms with van der Waals surface area (Å²) >= 11 is 1.79. The highest BCUT2D eigenvalue weighted by Gasteiger charge is 2.00. The van der Waals surface area contributed by atoms with Gasteiger partial charge in [0.1, 0.15) is 12.4 Å². The Morgan fingerprint density at radius 1 is 1.24 bits per heavy atom. The number of ether oxygens (including phenoxy) is 1. The number of aryl methyl sites for hydroxylation is 1. The quantitative estimate of drug-likeness (QED) is 0.885. The van der Waals surface area contributed by atoms with Crippen molar-refractivity contribution >= 4 is 11.3 Å². The summed E-state index contributed by atoms with van der Waals surface area (Å²) in [4.78, 5) is 6.81. The molecule has 0 amide bonds. The lowest BCUT2D eigenvalue weighted by Crippen LogP contribution is -1.99. The minimum absolute atomic E-state index is 0.463. The molecule has 0 aliphatic heterocycles. The number of nitrogens with zero attached hydrogens (tertiary/aromatic N) is 1. The first-order valence-corrected chi connectivity index (χ1v) is 6.49. The second-order valence-electron chi connectivity index (χ2n) is 3.70. The Morgan fingerprint density at radius 3 is 2.65 bits per heavy atom. The fourth-order valence-electron chi connectivity index (χ4n) is 1.46. The minimum Gasteiger partial charge on any atom is -0.486 e. The van der Waals surface area contributed by atoms with Crippen LogP contribution in [0.25, 0.3) is 0 Å². The summed E-state index contributed by atoms with van der Waals surface area (Å²) in [5.74, 6) is 0.786. The van der Waals surface area contributed by atoms with E-state index in [4.69, 9.17) is 10.5 Å². The van der Waals surface area contributed by atoms with Gasteiger partial charge in [-0.1, -0.05) is 6.92 Å². The Kier molecular flexibility index (Phi) is 4.12. The van der Waals surface area contributed by atoms with E-state index in [1.54, 1.807) is 17.5 Å². The van der Waals surface area contributed by atoms with Crippen LogP contribution in [0.3, 0.4) is 0 Å². The Hall–Kier alpha value is -1.39.